The average Bonchev–Trinajstić information content (AvgIpc) is 3.01. The number of carbonyl (C=O) groups is 2. The van der Waals surface area contributed by atoms with Gasteiger partial charge in [-0.15, -0.1) is 0 Å². The maximum absolute atomic E-state index is 14.3. The number of nitrogens with zero attached hydrogens (tertiary/aromatic N) is 2. The summed E-state index contributed by atoms with van der Waals surface area (Å²) in [5, 5.41) is 3.50. The molecule has 0 aliphatic heterocycles. The summed E-state index contributed by atoms with van der Waals surface area (Å²) < 4.78 is 34.3. The van der Waals surface area contributed by atoms with Crippen molar-refractivity contribution in [2.24, 2.45) is 0 Å². The van der Waals surface area contributed by atoms with E-state index < -0.39 is 28.5 Å². The molecule has 10 heteroatoms. The third-order valence-corrected chi connectivity index (χ3v) is 9.99. The Bertz CT molecular complexity index is 1510. The molecule has 8 nitrogen and oxygen atoms in total. The Morgan fingerprint density at radius 3 is 2.33 bits per heavy atom. The minimum Gasteiger partial charge on any atom is -0.497 e. The first kappa shape index (κ1) is 32.4. The minimum absolute atomic E-state index is 0.00591. The van der Waals surface area contributed by atoms with Crippen molar-refractivity contribution >= 4 is 39.1 Å². The lowest BCUT2D eigenvalue weighted by molar-refractivity contribution is -0.140. The standard InChI is InChI=1S/C33H40ClN3O5S/c1-4-31(33(39)35-27-14-6-5-7-15-27)36(22-25-12-9-8-11-24(25)2)32(38)23-37(28-16-10-13-26(34)21-28)43(40,41)30-19-17-29(42-3)18-20-30/h8-13,16-21,27,31H,4-7,14-15,22-23H2,1-3H3,(H,35,39)/t31-/m0/s1. The summed E-state index contributed by atoms with van der Waals surface area (Å²) >= 11 is 6.27. The molecule has 0 aromatic heterocycles. The molecular weight excluding hydrogens is 586 g/mol. The SMILES string of the molecule is CC[C@@H](C(=O)NC1CCCCC1)N(Cc1ccccc1C)C(=O)CN(c1cccc(Cl)c1)S(=O)(=O)c1ccc(OC)cc1. The van der Waals surface area contributed by atoms with Gasteiger partial charge in [-0.2, -0.15) is 0 Å². The van der Waals surface area contributed by atoms with Crippen LogP contribution in [0.5, 0.6) is 5.75 Å². The highest BCUT2D eigenvalue weighted by Crippen LogP contribution is 2.28. The van der Waals surface area contributed by atoms with Gasteiger partial charge in [-0.3, -0.25) is 13.9 Å². The van der Waals surface area contributed by atoms with Crippen molar-refractivity contribution in [3.05, 3.63) is 88.9 Å². The first-order valence-electron chi connectivity index (χ1n) is 14.7. The summed E-state index contributed by atoms with van der Waals surface area (Å²) in [5.41, 5.74) is 2.10. The molecule has 1 aliphatic carbocycles. The van der Waals surface area contributed by atoms with Crippen LogP contribution < -0.4 is 14.4 Å². The second kappa shape index (κ2) is 14.8. The van der Waals surface area contributed by atoms with E-state index >= 15 is 0 Å². The van der Waals surface area contributed by atoms with E-state index in [0.29, 0.717) is 17.2 Å². The Labute approximate surface area is 260 Å². The van der Waals surface area contributed by atoms with Crippen molar-refractivity contribution in [3.63, 3.8) is 0 Å². The van der Waals surface area contributed by atoms with Crippen molar-refractivity contribution < 1.29 is 22.7 Å². The van der Waals surface area contributed by atoms with Crippen LogP contribution in [-0.4, -0.2) is 50.9 Å². The van der Waals surface area contributed by atoms with Gasteiger partial charge in [-0.25, -0.2) is 8.42 Å². The number of halogens is 1. The van der Waals surface area contributed by atoms with Crippen LogP contribution in [0.1, 0.15) is 56.6 Å². The van der Waals surface area contributed by atoms with Crippen LogP contribution in [0.15, 0.2) is 77.7 Å². The Morgan fingerprint density at radius 2 is 1.70 bits per heavy atom. The van der Waals surface area contributed by atoms with Crippen LogP contribution >= 0.6 is 11.6 Å². The lowest BCUT2D eigenvalue weighted by Gasteiger charge is -2.34. The summed E-state index contributed by atoms with van der Waals surface area (Å²) in [7, 11) is -2.71. The first-order chi connectivity index (χ1) is 20.6. The van der Waals surface area contributed by atoms with Crippen molar-refractivity contribution in [2.75, 3.05) is 18.0 Å². The highest BCUT2D eigenvalue weighted by Gasteiger charge is 2.34. The number of hydrogen-bond acceptors (Lipinski definition) is 5. The van der Waals surface area contributed by atoms with Gasteiger partial charge in [0, 0.05) is 17.6 Å². The van der Waals surface area contributed by atoms with Gasteiger partial charge >= 0.3 is 0 Å². The molecule has 0 saturated heterocycles. The molecule has 0 bridgehead atoms. The number of benzene rings is 3. The molecule has 0 heterocycles. The molecule has 0 radical (unpaired) electrons. The summed E-state index contributed by atoms with van der Waals surface area (Å²) in [6, 6.07) is 19.3. The maximum atomic E-state index is 14.3. The van der Waals surface area contributed by atoms with E-state index in [0.717, 1.165) is 47.5 Å². The number of amides is 2. The molecule has 0 unspecified atom stereocenters. The zero-order valence-corrected chi connectivity index (χ0v) is 26.5. The molecule has 3 aromatic carbocycles. The number of carbonyl (C=O) groups excluding carboxylic acids is 2. The topological polar surface area (TPSA) is 96.0 Å². The molecule has 1 aliphatic rings. The van der Waals surface area contributed by atoms with Crippen LogP contribution in [0.2, 0.25) is 5.02 Å². The monoisotopic (exact) mass is 625 g/mol. The molecule has 43 heavy (non-hydrogen) atoms. The molecule has 4 rings (SSSR count). The third kappa shape index (κ3) is 8.09. The predicted molar refractivity (Wildman–Crippen MR) is 170 cm³/mol. The summed E-state index contributed by atoms with van der Waals surface area (Å²) in [5.74, 6) is -0.210. The molecule has 0 spiro atoms. The molecule has 1 fully saturated rings. The molecule has 1 atom stereocenters. The van der Waals surface area contributed by atoms with Crippen molar-refractivity contribution in [1.82, 2.24) is 10.2 Å². The van der Waals surface area contributed by atoms with Gasteiger partial charge in [0.25, 0.3) is 10.0 Å². The Morgan fingerprint density at radius 1 is 1.00 bits per heavy atom. The molecule has 1 N–H and O–H groups in total. The zero-order valence-electron chi connectivity index (χ0n) is 25.0. The molecule has 230 valence electrons. The van der Waals surface area contributed by atoms with Crippen molar-refractivity contribution in [2.45, 2.75) is 75.9 Å². The van der Waals surface area contributed by atoms with Crippen LogP contribution in [-0.2, 0) is 26.2 Å². The number of hydrogen-bond donors (Lipinski definition) is 1. The van der Waals surface area contributed by atoms with Gasteiger partial charge in [0.05, 0.1) is 17.7 Å². The average molecular weight is 626 g/mol. The first-order valence-corrected chi connectivity index (χ1v) is 16.5. The van der Waals surface area contributed by atoms with Gasteiger partial charge in [-0.05, 0) is 79.8 Å². The fraction of sp³-hybridized carbons (Fsp3) is 0.394. The molecular formula is C33H40ClN3O5S. The molecule has 1 saturated carbocycles. The van der Waals surface area contributed by atoms with Gasteiger partial charge in [0.15, 0.2) is 0 Å². The van der Waals surface area contributed by atoms with Gasteiger partial charge < -0.3 is 15.0 Å². The van der Waals surface area contributed by atoms with Gasteiger partial charge in [-0.1, -0.05) is 68.1 Å². The van der Waals surface area contributed by atoms with E-state index in [2.05, 4.69) is 5.32 Å². The molecule has 3 aromatic rings. The van der Waals surface area contributed by atoms with Gasteiger partial charge in [0.2, 0.25) is 11.8 Å². The van der Waals surface area contributed by atoms with E-state index in [4.69, 9.17) is 16.3 Å². The third-order valence-electron chi connectivity index (χ3n) is 7.96. The normalized spacial score (nSPS) is 14.5. The lowest BCUT2D eigenvalue weighted by Crippen LogP contribution is -2.54. The Kier molecular flexibility index (Phi) is 11.1. The number of methoxy groups -OCH3 is 1. The number of anilines is 1. The highest BCUT2D eigenvalue weighted by atomic mass is 35.5. The van der Waals surface area contributed by atoms with Crippen LogP contribution in [0.25, 0.3) is 0 Å². The summed E-state index contributed by atoms with van der Waals surface area (Å²) in [6.45, 7) is 3.46. The van der Waals surface area contributed by atoms with E-state index in [-0.39, 0.29) is 29.1 Å². The number of sulfonamides is 1. The number of aryl methyl sites for hydroxylation is 1. The zero-order chi connectivity index (χ0) is 31.0. The summed E-state index contributed by atoms with van der Waals surface area (Å²) in [4.78, 5) is 29.5. The number of rotatable bonds is 12. The molecule has 2 amide bonds. The predicted octanol–water partition coefficient (Wildman–Crippen LogP) is 6.11. The lowest BCUT2D eigenvalue weighted by atomic mass is 9.95. The largest absolute Gasteiger partial charge is 0.497 e. The van der Waals surface area contributed by atoms with Crippen molar-refractivity contribution in [3.8, 4) is 5.75 Å². The minimum atomic E-state index is -4.21. The van der Waals surface area contributed by atoms with Crippen LogP contribution in [0, 0.1) is 6.92 Å². The second-order valence-electron chi connectivity index (χ2n) is 10.9. The van der Waals surface area contributed by atoms with Crippen molar-refractivity contribution in [1.29, 1.82) is 0 Å². The second-order valence-corrected chi connectivity index (χ2v) is 13.2. The highest BCUT2D eigenvalue weighted by molar-refractivity contribution is 7.92. The fourth-order valence-corrected chi connectivity index (χ4v) is 7.06. The number of nitrogens with one attached hydrogen (secondary N) is 1. The Balaban J connectivity index is 1.71. The van der Waals surface area contributed by atoms with Crippen LogP contribution in [0.3, 0.4) is 0 Å². The fourth-order valence-electron chi connectivity index (χ4n) is 5.47. The van der Waals surface area contributed by atoms with E-state index in [1.807, 2.05) is 38.1 Å². The summed E-state index contributed by atoms with van der Waals surface area (Å²) in [6.07, 6.45) is 5.48. The van der Waals surface area contributed by atoms with E-state index in [9.17, 15) is 18.0 Å². The van der Waals surface area contributed by atoms with Crippen LogP contribution in [0.4, 0.5) is 5.69 Å². The Hall–Kier alpha value is -3.56. The quantitative estimate of drug-likeness (QED) is 0.262. The smallest absolute Gasteiger partial charge is 0.264 e. The van der Waals surface area contributed by atoms with Gasteiger partial charge in [0.1, 0.15) is 18.3 Å². The number of ether oxygens (including phenoxy) is 1. The van der Waals surface area contributed by atoms with E-state index in [1.165, 1.54) is 30.2 Å². The maximum Gasteiger partial charge on any atom is 0.264 e. The van der Waals surface area contributed by atoms with E-state index in [1.54, 1.807) is 30.3 Å².